The Labute approximate surface area is 228 Å². The van der Waals surface area contributed by atoms with Gasteiger partial charge in [0.1, 0.15) is 11.8 Å². The summed E-state index contributed by atoms with van der Waals surface area (Å²) in [6.45, 7) is 9.46. The third-order valence-corrected chi connectivity index (χ3v) is 7.34. The van der Waals surface area contributed by atoms with Crippen molar-refractivity contribution in [2.45, 2.75) is 59.4 Å². The van der Waals surface area contributed by atoms with E-state index >= 15 is 0 Å². The molecule has 0 saturated carbocycles. The van der Waals surface area contributed by atoms with Gasteiger partial charge in [0.2, 0.25) is 21.8 Å². The Kier molecular flexibility index (Phi) is 12.6. The maximum Gasteiger partial charge on any atom is 0.242 e. The Bertz CT molecular complexity index is 1100. The van der Waals surface area contributed by atoms with E-state index in [1.807, 2.05) is 58.0 Å². The molecule has 210 valence electrons. The first kappa shape index (κ1) is 31.1. The van der Waals surface area contributed by atoms with Crippen molar-refractivity contribution in [3.05, 3.63) is 60.2 Å². The normalized spacial score (nSPS) is 12.2. The van der Waals surface area contributed by atoms with Crippen molar-refractivity contribution in [3.63, 3.8) is 0 Å². The van der Waals surface area contributed by atoms with E-state index in [0.717, 1.165) is 11.8 Å². The zero-order valence-corrected chi connectivity index (χ0v) is 24.2. The summed E-state index contributed by atoms with van der Waals surface area (Å²) >= 11 is 0. The molecule has 9 heteroatoms. The van der Waals surface area contributed by atoms with Gasteiger partial charge in [-0.25, -0.2) is 8.42 Å². The van der Waals surface area contributed by atoms with Crippen LogP contribution >= 0.6 is 0 Å². The smallest absolute Gasteiger partial charge is 0.242 e. The van der Waals surface area contributed by atoms with Gasteiger partial charge in [0.05, 0.1) is 18.6 Å². The fourth-order valence-corrected chi connectivity index (χ4v) is 5.16. The van der Waals surface area contributed by atoms with E-state index in [4.69, 9.17) is 4.74 Å². The second kappa shape index (κ2) is 15.4. The van der Waals surface area contributed by atoms with Crippen molar-refractivity contribution in [1.29, 1.82) is 0 Å². The zero-order chi connectivity index (χ0) is 28.1. The van der Waals surface area contributed by atoms with Gasteiger partial charge in [-0.3, -0.25) is 13.9 Å². The molecule has 2 aromatic rings. The van der Waals surface area contributed by atoms with E-state index in [9.17, 15) is 18.0 Å². The number of nitrogens with one attached hydrogen (secondary N) is 1. The van der Waals surface area contributed by atoms with Crippen molar-refractivity contribution < 1.29 is 22.7 Å². The van der Waals surface area contributed by atoms with Crippen LogP contribution in [0.4, 0.5) is 5.69 Å². The molecule has 0 aromatic heterocycles. The summed E-state index contributed by atoms with van der Waals surface area (Å²) in [5.74, 6) is 0.646. The van der Waals surface area contributed by atoms with E-state index in [1.54, 1.807) is 29.2 Å². The topological polar surface area (TPSA) is 96.0 Å². The number of hydrogen-bond acceptors (Lipinski definition) is 5. The molecule has 0 unspecified atom stereocenters. The van der Waals surface area contributed by atoms with E-state index in [0.29, 0.717) is 56.3 Å². The fourth-order valence-electron chi connectivity index (χ4n) is 4.20. The molecule has 8 nitrogen and oxygen atoms in total. The van der Waals surface area contributed by atoms with Crippen molar-refractivity contribution >= 4 is 27.5 Å². The largest absolute Gasteiger partial charge is 0.494 e. The number of carbonyl (C=O) groups excluding carboxylic acids is 2. The van der Waals surface area contributed by atoms with E-state index in [2.05, 4.69) is 5.32 Å². The number of rotatable bonds is 16. The SMILES string of the molecule is CCOc1ccc(N(CCCC(=O)N(CCc2ccccc2)[C@@H](CC)C(=O)NCC(C)C)S(C)(=O)=O)cc1. The highest BCUT2D eigenvalue weighted by atomic mass is 32.2. The molecule has 2 amide bonds. The first-order chi connectivity index (χ1) is 18.1. The van der Waals surface area contributed by atoms with Crippen LogP contribution in [0.3, 0.4) is 0 Å². The lowest BCUT2D eigenvalue weighted by atomic mass is 10.1. The molecule has 2 aromatic carbocycles. The lowest BCUT2D eigenvalue weighted by Crippen LogP contribution is -2.50. The molecule has 0 heterocycles. The minimum Gasteiger partial charge on any atom is -0.494 e. The summed E-state index contributed by atoms with van der Waals surface area (Å²) in [5.41, 5.74) is 1.60. The standard InChI is InChI=1S/C29H43N3O5S/c1-6-27(29(34)30-22-23(3)4)31(21-19-24-12-9-8-10-13-24)28(33)14-11-20-32(38(5,35)36)25-15-17-26(18-16-25)37-7-2/h8-10,12-13,15-18,23,27H,6-7,11,14,19-22H2,1-5H3,(H,30,34)/t27-/m0/s1. The highest BCUT2D eigenvalue weighted by molar-refractivity contribution is 7.92. The average molecular weight is 546 g/mol. The van der Waals surface area contributed by atoms with Crippen LogP contribution < -0.4 is 14.4 Å². The molecule has 0 aliphatic heterocycles. The van der Waals surface area contributed by atoms with Gasteiger partial charge >= 0.3 is 0 Å². The number of sulfonamides is 1. The van der Waals surface area contributed by atoms with Crippen LogP contribution in [0.25, 0.3) is 0 Å². The summed E-state index contributed by atoms with van der Waals surface area (Å²) in [5, 5.41) is 2.97. The van der Waals surface area contributed by atoms with Crippen LogP contribution in [0.5, 0.6) is 5.75 Å². The molecular formula is C29H43N3O5S. The molecule has 0 bridgehead atoms. The molecule has 38 heavy (non-hydrogen) atoms. The van der Waals surface area contributed by atoms with Crippen LogP contribution in [0.1, 0.15) is 52.5 Å². The monoisotopic (exact) mass is 545 g/mol. The summed E-state index contributed by atoms with van der Waals surface area (Å²) < 4.78 is 31.8. The highest BCUT2D eigenvalue weighted by Crippen LogP contribution is 2.22. The van der Waals surface area contributed by atoms with Gasteiger partial charge in [0.25, 0.3) is 0 Å². The minimum atomic E-state index is -3.55. The van der Waals surface area contributed by atoms with E-state index in [-0.39, 0.29) is 24.8 Å². The summed E-state index contributed by atoms with van der Waals surface area (Å²) in [4.78, 5) is 28.1. The molecule has 0 aliphatic carbocycles. The number of benzene rings is 2. The Hall–Kier alpha value is -3.07. The third kappa shape index (κ3) is 10.0. The Balaban J connectivity index is 2.14. The number of anilines is 1. The minimum absolute atomic E-state index is 0.131. The van der Waals surface area contributed by atoms with Crippen LogP contribution in [0.15, 0.2) is 54.6 Å². The van der Waals surface area contributed by atoms with Gasteiger partial charge in [0, 0.05) is 26.1 Å². The Morgan fingerprint density at radius 3 is 2.18 bits per heavy atom. The van der Waals surface area contributed by atoms with Crippen molar-refractivity contribution in [2.24, 2.45) is 5.92 Å². The predicted molar refractivity (Wildman–Crippen MR) is 153 cm³/mol. The number of nitrogens with zero attached hydrogens (tertiary/aromatic N) is 2. The van der Waals surface area contributed by atoms with Gasteiger partial charge in [-0.2, -0.15) is 0 Å². The molecule has 0 aliphatic rings. The maximum absolute atomic E-state index is 13.5. The first-order valence-corrected chi connectivity index (χ1v) is 15.2. The summed E-state index contributed by atoms with van der Waals surface area (Å²) in [7, 11) is -3.55. The lowest BCUT2D eigenvalue weighted by Gasteiger charge is -2.31. The van der Waals surface area contributed by atoms with Crippen molar-refractivity contribution in [1.82, 2.24) is 10.2 Å². The molecule has 0 fully saturated rings. The van der Waals surface area contributed by atoms with E-state index in [1.165, 1.54) is 4.31 Å². The molecule has 1 N–H and O–H groups in total. The third-order valence-electron chi connectivity index (χ3n) is 6.14. The average Bonchev–Trinajstić information content (AvgIpc) is 2.88. The molecule has 0 radical (unpaired) electrons. The van der Waals surface area contributed by atoms with Crippen molar-refractivity contribution in [3.8, 4) is 5.75 Å². The van der Waals surface area contributed by atoms with Crippen LogP contribution in [-0.2, 0) is 26.0 Å². The van der Waals surface area contributed by atoms with Gasteiger partial charge < -0.3 is 15.0 Å². The zero-order valence-electron chi connectivity index (χ0n) is 23.4. The fraction of sp³-hybridized carbons (Fsp3) is 0.517. The second-order valence-electron chi connectivity index (χ2n) is 9.75. The maximum atomic E-state index is 13.5. The van der Waals surface area contributed by atoms with Crippen LogP contribution in [0.2, 0.25) is 0 Å². The molecule has 0 spiro atoms. The molecule has 1 atom stereocenters. The van der Waals surface area contributed by atoms with Gasteiger partial charge in [-0.15, -0.1) is 0 Å². The highest BCUT2D eigenvalue weighted by Gasteiger charge is 2.28. The molecule has 2 rings (SSSR count). The van der Waals surface area contributed by atoms with Crippen molar-refractivity contribution in [2.75, 3.05) is 36.8 Å². The first-order valence-electron chi connectivity index (χ1n) is 13.4. The number of carbonyl (C=O) groups is 2. The number of hydrogen-bond donors (Lipinski definition) is 1. The molecule has 0 saturated heterocycles. The van der Waals surface area contributed by atoms with Gasteiger partial charge in [-0.05, 0) is 61.9 Å². The van der Waals surface area contributed by atoms with E-state index < -0.39 is 16.1 Å². The van der Waals surface area contributed by atoms with Gasteiger partial charge in [-0.1, -0.05) is 51.1 Å². The second-order valence-corrected chi connectivity index (χ2v) is 11.7. The summed E-state index contributed by atoms with van der Waals surface area (Å²) in [6.07, 6.45) is 2.73. The van der Waals surface area contributed by atoms with Crippen LogP contribution in [0, 0.1) is 5.92 Å². The Morgan fingerprint density at radius 1 is 0.974 bits per heavy atom. The van der Waals surface area contributed by atoms with Crippen LogP contribution in [-0.4, -0.2) is 63.7 Å². The number of amides is 2. The Morgan fingerprint density at radius 2 is 1.63 bits per heavy atom. The quantitative estimate of drug-likeness (QED) is 0.340. The summed E-state index contributed by atoms with van der Waals surface area (Å²) in [6, 6.07) is 16.1. The van der Waals surface area contributed by atoms with Gasteiger partial charge in [0.15, 0.2) is 0 Å². The lowest BCUT2D eigenvalue weighted by molar-refractivity contribution is -0.140. The molecular weight excluding hydrogens is 502 g/mol. The number of ether oxygens (including phenoxy) is 1. The predicted octanol–water partition coefficient (Wildman–Crippen LogP) is 4.25.